The van der Waals surface area contributed by atoms with Crippen LogP contribution in [-0.4, -0.2) is 24.0 Å². The second-order valence-electron chi connectivity index (χ2n) is 6.13. The van der Waals surface area contributed by atoms with Crippen molar-refractivity contribution in [2.75, 3.05) is 17.7 Å². The van der Waals surface area contributed by atoms with Crippen LogP contribution in [-0.2, 0) is 11.2 Å². The standard InChI is InChI=1S/C22H21N3O3/c1-3-15-7-9-17(10-8-15)24-19-11-12-23-20(14-19)21(26)25-18-6-4-5-16(13-18)22(27)28-2/h4-14H,3H2,1-2H3,(H,23,24)(H,25,26). The number of carbonyl (C=O) groups excluding carboxylic acids is 2. The van der Waals surface area contributed by atoms with Gasteiger partial charge in [-0.05, 0) is 54.4 Å². The van der Waals surface area contributed by atoms with E-state index < -0.39 is 5.97 Å². The lowest BCUT2D eigenvalue weighted by atomic mass is 10.1. The van der Waals surface area contributed by atoms with Crippen molar-refractivity contribution in [3.63, 3.8) is 0 Å². The SMILES string of the molecule is CCc1ccc(Nc2ccnc(C(=O)Nc3cccc(C(=O)OC)c3)c2)cc1. The molecule has 0 saturated heterocycles. The molecule has 6 heteroatoms. The molecule has 0 aliphatic carbocycles. The molecule has 28 heavy (non-hydrogen) atoms. The van der Waals surface area contributed by atoms with E-state index in [9.17, 15) is 9.59 Å². The third-order valence-electron chi connectivity index (χ3n) is 4.18. The predicted molar refractivity (Wildman–Crippen MR) is 109 cm³/mol. The second kappa shape index (κ2) is 8.81. The van der Waals surface area contributed by atoms with E-state index in [0.29, 0.717) is 11.3 Å². The average molecular weight is 375 g/mol. The highest BCUT2D eigenvalue weighted by Crippen LogP contribution is 2.19. The number of amides is 1. The van der Waals surface area contributed by atoms with Crippen LogP contribution >= 0.6 is 0 Å². The Balaban J connectivity index is 1.72. The van der Waals surface area contributed by atoms with Crippen molar-refractivity contribution in [2.24, 2.45) is 0 Å². The molecule has 1 amide bonds. The van der Waals surface area contributed by atoms with E-state index in [1.165, 1.54) is 12.7 Å². The molecule has 0 saturated carbocycles. The van der Waals surface area contributed by atoms with Gasteiger partial charge in [-0.25, -0.2) is 4.79 Å². The summed E-state index contributed by atoms with van der Waals surface area (Å²) in [6, 6.07) is 18.1. The van der Waals surface area contributed by atoms with Crippen LogP contribution in [0.25, 0.3) is 0 Å². The van der Waals surface area contributed by atoms with E-state index in [1.807, 2.05) is 12.1 Å². The third kappa shape index (κ3) is 4.73. The predicted octanol–water partition coefficient (Wildman–Crippen LogP) is 4.43. The number of carbonyl (C=O) groups is 2. The minimum atomic E-state index is -0.463. The number of benzene rings is 2. The zero-order valence-corrected chi connectivity index (χ0v) is 15.7. The molecule has 1 aromatic heterocycles. The zero-order chi connectivity index (χ0) is 19.9. The van der Waals surface area contributed by atoms with Crippen LogP contribution in [0.3, 0.4) is 0 Å². The largest absolute Gasteiger partial charge is 0.465 e. The lowest BCUT2D eigenvalue weighted by molar-refractivity contribution is 0.0600. The number of aryl methyl sites for hydroxylation is 1. The molecule has 1 heterocycles. The zero-order valence-electron chi connectivity index (χ0n) is 15.7. The summed E-state index contributed by atoms with van der Waals surface area (Å²) >= 11 is 0. The fourth-order valence-electron chi connectivity index (χ4n) is 2.66. The van der Waals surface area contributed by atoms with Crippen molar-refractivity contribution in [1.29, 1.82) is 0 Å². The van der Waals surface area contributed by atoms with Crippen LogP contribution in [0.1, 0.15) is 33.3 Å². The summed E-state index contributed by atoms with van der Waals surface area (Å²) in [5, 5.41) is 6.01. The Morgan fingerprint density at radius 2 is 1.75 bits per heavy atom. The number of nitrogens with one attached hydrogen (secondary N) is 2. The van der Waals surface area contributed by atoms with Crippen LogP contribution in [0.2, 0.25) is 0 Å². The van der Waals surface area contributed by atoms with Gasteiger partial charge in [-0.1, -0.05) is 25.1 Å². The Hall–Kier alpha value is -3.67. The molecule has 0 atom stereocenters. The number of esters is 1. The summed E-state index contributed by atoms with van der Waals surface area (Å²) in [7, 11) is 1.31. The molecule has 142 valence electrons. The first-order chi connectivity index (χ1) is 13.6. The van der Waals surface area contributed by atoms with Gasteiger partial charge in [0.15, 0.2) is 0 Å². The van der Waals surface area contributed by atoms with Crippen molar-refractivity contribution in [2.45, 2.75) is 13.3 Å². The fraction of sp³-hybridized carbons (Fsp3) is 0.136. The quantitative estimate of drug-likeness (QED) is 0.623. The fourth-order valence-corrected chi connectivity index (χ4v) is 2.66. The van der Waals surface area contributed by atoms with Gasteiger partial charge in [0, 0.05) is 23.3 Å². The summed E-state index contributed by atoms with van der Waals surface area (Å²) in [5.41, 5.74) is 4.06. The summed E-state index contributed by atoms with van der Waals surface area (Å²) < 4.78 is 4.70. The molecule has 3 rings (SSSR count). The molecule has 0 bridgehead atoms. The number of rotatable bonds is 6. The highest BCUT2D eigenvalue weighted by atomic mass is 16.5. The molecule has 0 aliphatic rings. The van der Waals surface area contributed by atoms with Gasteiger partial charge in [-0.15, -0.1) is 0 Å². The van der Waals surface area contributed by atoms with Gasteiger partial charge in [-0.3, -0.25) is 9.78 Å². The Morgan fingerprint density at radius 1 is 0.964 bits per heavy atom. The number of aromatic nitrogens is 1. The summed E-state index contributed by atoms with van der Waals surface area (Å²) in [5.74, 6) is -0.832. The first-order valence-corrected chi connectivity index (χ1v) is 8.91. The van der Waals surface area contributed by atoms with Crippen LogP contribution < -0.4 is 10.6 Å². The van der Waals surface area contributed by atoms with E-state index >= 15 is 0 Å². The number of hydrogen-bond acceptors (Lipinski definition) is 5. The molecule has 0 unspecified atom stereocenters. The molecule has 3 aromatic rings. The first-order valence-electron chi connectivity index (χ1n) is 8.91. The number of hydrogen-bond donors (Lipinski definition) is 2. The van der Waals surface area contributed by atoms with Crippen LogP contribution in [0.15, 0.2) is 66.9 Å². The van der Waals surface area contributed by atoms with Gasteiger partial charge in [-0.2, -0.15) is 0 Å². The van der Waals surface area contributed by atoms with E-state index in [1.54, 1.807) is 42.6 Å². The lowest BCUT2D eigenvalue weighted by Crippen LogP contribution is -2.14. The maximum Gasteiger partial charge on any atom is 0.337 e. The van der Waals surface area contributed by atoms with Crippen molar-refractivity contribution < 1.29 is 14.3 Å². The van der Waals surface area contributed by atoms with Gasteiger partial charge in [0.25, 0.3) is 5.91 Å². The smallest absolute Gasteiger partial charge is 0.337 e. The summed E-state index contributed by atoms with van der Waals surface area (Å²) in [6.07, 6.45) is 2.56. The third-order valence-corrected chi connectivity index (χ3v) is 4.18. The Labute approximate surface area is 163 Å². The Bertz CT molecular complexity index is 984. The van der Waals surface area contributed by atoms with Gasteiger partial charge < -0.3 is 15.4 Å². The maximum atomic E-state index is 12.5. The first kappa shape index (κ1) is 19.1. The number of nitrogens with zero attached hydrogens (tertiary/aromatic N) is 1. The van der Waals surface area contributed by atoms with E-state index in [-0.39, 0.29) is 11.6 Å². The van der Waals surface area contributed by atoms with Gasteiger partial charge in [0.2, 0.25) is 0 Å². The molecular formula is C22H21N3O3. The monoisotopic (exact) mass is 375 g/mol. The molecule has 2 aromatic carbocycles. The lowest BCUT2D eigenvalue weighted by Gasteiger charge is -2.09. The summed E-state index contributed by atoms with van der Waals surface area (Å²) in [4.78, 5) is 28.3. The molecule has 6 nitrogen and oxygen atoms in total. The molecule has 0 fully saturated rings. The van der Waals surface area contributed by atoms with Crippen LogP contribution in [0.4, 0.5) is 17.1 Å². The molecular weight excluding hydrogens is 354 g/mol. The number of anilines is 3. The maximum absolute atomic E-state index is 12.5. The second-order valence-corrected chi connectivity index (χ2v) is 6.13. The normalized spacial score (nSPS) is 10.2. The molecule has 0 spiro atoms. The Morgan fingerprint density at radius 3 is 2.46 bits per heavy atom. The Kier molecular flexibility index (Phi) is 6.01. The van der Waals surface area contributed by atoms with Crippen molar-refractivity contribution in [1.82, 2.24) is 4.98 Å². The van der Waals surface area contributed by atoms with Gasteiger partial charge in [0.1, 0.15) is 5.69 Å². The highest BCUT2D eigenvalue weighted by Gasteiger charge is 2.11. The van der Waals surface area contributed by atoms with Crippen LogP contribution in [0, 0.1) is 0 Å². The number of methoxy groups -OCH3 is 1. The van der Waals surface area contributed by atoms with Crippen LogP contribution in [0.5, 0.6) is 0 Å². The van der Waals surface area contributed by atoms with E-state index in [2.05, 4.69) is 34.7 Å². The average Bonchev–Trinajstić information content (AvgIpc) is 2.74. The minimum Gasteiger partial charge on any atom is -0.465 e. The van der Waals surface area contributed by atoms with Gasteiger partial charge >= 0.3 is 5.97 Å². The van der Waals surface area contributed by atoms with Crippen molar-refractivity contribution in [3.8, 4) is 0 Å². The van der Waals surface area contributed by atoms with E-state index in [4.69, 9.17) is 4.74 Å². The van der Waals surface area contributed by atoms with E-state index in [0.717, 1.165) is 17.8 Å². The topological polar surface area (TPSA) is 80.3 Å². The summed E-state index contributed by atoms with van der Waals surface area (Å²) in [6.45, 7) is 2.11. The highest BCUT2D eigenvalue weighted by molar-refractivity contribution is 6.04. The molecule has 2 N–H and O–H groups in total. The molecule has 0 radical (unpaired) electrons. The van der Waals surface area contributed by atoms with Crippen molar-refractivity contribution in [3.05, 3.63) is 83.7 Å². The number of ether oxygens (including phenoxy) is 1. The van der Waals surface area contributed by atoms with Gasteiger partial charge in [0.05, 0.1) is 12.7 Å². The number of pyridine rings is 1. The minimum absolute atomic E-state index is 0.263. The van der Waals surface area contributed by atoms with Crippen molar-refractivity contribution >= 4 is 28.9 Å². The molecule has 0 aliphatic heterocycles.